The van der Waals surface area contributed by atoms with Crippen molar-refractivity contribution < 1.29 is 19.1 Å². The molecule has 3 rings (SSSR count). The van der Waals surface area contributed by atoms with Crippen molar-refractivity contribution in [1.29, 1.82) is 0 Å². The third-order valence-corrected chi connectivity index (χ3v) is 7.70. The molecular formula is C38H51N3O4. The SMILES string of the molecule is CCc1ccc(C(C(=O)NCc2ccccc2)N(C(=O)C(Cc2ccccc2)NC(=O)OC(C)(C)C)C(C)CCC(C)C)cc1. The number of rotatable bonds is 14. The van der Waals surface area contributed by atoms with Crippen LogP contribution in [0.2, 0.25) is 0 Å². The summed E-state index contributed by atoms with van der Waals surface area (Å²) in [6, 6.07) is 25.0. The topological polar surface area (TPSA) is 87.7 Å². The molecule has 3 atom stereocenters. The lowest BCUT2D eigenvalue weighted by Crippen LogP contribution is -2.56. The van der Waals surface area contributed by atoms with E-state index in [1.807, 2.05) is 91.9 Å². The summed E-state index contributed by atoms with van der Waals surface area (Å²) in [4.78, 5) is 43.8. The molecule has 7 heteroatoms. The van der Waals surface area contributed by atoms with Crippen molar-refractivity contribution in [2.24, 2.45) is 5.92 Å². The lowest BCUT2D eigenvalue weighted by molar-refractivity contribution is -0.145. The number of carbonyl (C=O) groups is 3. The van der Waals surface area contributed by atoms with Gasteiger partial charge in [-0.2, -0.15) is 0 Å². The van der Waals surface area contributed by atoms with Gasteiger partial charge in [-0.15, -0.1) is 0 Å². The van der Waals surface area contributed by atoms with Gasteiger partial charge in [-0.1, -0.05) is 106 Å². The minimum absolute atomic E-state index is 0.249. The molecule has 45 heavy (non-hydrogen) atoms. The van der Waals surface area contributed by atoms with Crippen molar-refractivity contribution in [3.05, 3.63) is 107 Å². The maximum atomic E-state index is 14.8. The number of benzene rings is 3. The largest absolute Gasteiger partial charge is 0.444 e. The molecule has 3 unspecified atom stereocenters. The molecule has 3 aromatic rings. The van der Waals surface area contributed by atoms with Crippen molar-refractivity contribution in [3.63, 3.8) is 0 Å². The second-order valence-electron chi connectivity index (χ2n) is 13.2. The highest BCUT2D eigenvalue weighted by atomic mass is 16.6. The molecular weight excluding hydrogens is 562 g/mol. The fraction of sp³-hybridized carbons (Fsp3) is 0.447. The molecule has 0 aliphatic rings. The fourth-order valence-corrected chi connectivity index (χ4v) is 5.25. The summed E-state index contributed by atoms with van der Waals surface area (Å²) in [7, 11) is 0. The minimum Gasteiger partial charge on any atom is -0.444 e. The Morgan fingerprint density at radius 1 is 0.778 bits per heavy atom. The highest BCUT2D eigenvalue weighted by Gasteiger charge is 2.39. The van der Waals surface area contributed by atoms with Crippen LogP contribution in [0.15, 0.2) is 84.9 Å². The van der Waals surface area contributed by atoms with Gasteiger partial charge in [0.05, 0.1) is 0 Å². The molecule has 0 aromatic heterocycles. The molecule has 0 radical (unpaired) electrons. The lowest BCUT2D eigenvalue weighted by Gasteiger charge is -2.39. The van der Waals surface area contributed by atoms with Gasteiger partial charge < -0.3 is 20.3 Å². The Morgan fingerprint density at radius 3 is 1.89 bits per heavy atom. The van der Waals surface area contributed by atoms with Crippen molar-refractivity contribution >= 4 is 17.9 Å². The molecule has 0 saturated carbocycles. The summed E-state index contributed by atoms with van der Waals surface area (Å²) < 4.78 is 5.58. The van der Waals surface area contributed by atoms with E-state index in [1.165, 1.54) is 0 Å². The molecule has 7 nitrogen and oxygen atoms in total. The first-order valence-corrected chi connectivity index (χ1v) is 16.1. The maximum absolute atomic E-state index is 14.8. The number of hydrogen-bond acceptors (Lipinski definition) is 4. The van der Waals surface area contributed by atoms with Crippen LogP contribution in [0.4, 0.5) is 4.79 Å². The van der Waals surface area contributed by atoms with Crippen LogP contribution in [0.5, 0.6) is 0 Å². The highest BCUT2D eigenvalue weighted by molar-refractivity contribution is 5.92. The number of aryl methyl sites for hydroxylation is 1. The van der Waals surface area contributed by atoms with Crippen molar-refractivity contribution in [2.75, 3.05) is 0 Å². The van der Waals surface area contributed by atoms with Crippen LogP contribution in [0.1, 0.15) is 89.6 Å². The van der Waals surface area contributed by atoms with E-state index in [9.17, 15) is 14.4 Å². The molecule has 2 N–H and O–H groups in total. The van der Waals surface area contributed by atoms with Crippen LogP contribution in [-0.2, 0) is 33.7 Å². The Balaban J connectivity index is 2.09. The van der Waals surface area contributed by atoms with Crippen molar-refractivity contribution in [3.8, 4) is 0 Å². The number of carbonyl (C=O) groups excluding carboxylic acids is 3. The van der Waals surface area contributed by atoms with Crippen LogP contribution in [0.3, 0.4) is 0 Å². The average Bonchev–Trinajstić information content (AvgIpc) is 3.01. The number of amides is 3. The predicted octanol–water partition coefficient (Wildman–Crippen LogP) is 7.40. The van der Waals surface area contributed by atoms with E-state index in [-0.39, 0.29) is 24.3 Å². The summed E-state index contributed by atoms with van der Waals surface area (Å²) >= 11 is 0. The first-order chi connectivity index (χ1) is 21.4. The van der Waals surface area contributed by atoms with Crippen LogP contribution in [0, 0.1) is 5.92 Å². The monoisotopic (exact) mass is 613 g/mol. The molecule has 3 aromatic carbocycles. The third kappa shape index (κ3) is 11.4. The summed E-state index contributed by atoms with van der Waals surface area (Å²) in [5.74, 6) is -0.192. The number of ether oxygens (including phenoxy) is 1. The van der Waals surface area contributed by atoms with E-state index in [1.54, 1.807) is 25.7 Å². The van der Waals surface area contributed by atoms with Crippen LogP contribution >= 0.6 is 0 Å². The first-order valence-electron chi connectivity index (χ1n) is 16.1. The Morgan fingerprint density at radius 2 is 1.36 bits per heavy atom. The second-order valence-corrected chi connectivity index (χ2v) is 13.2. The van der Waals surface area contributed by atoms with Gasteiger partial charge in [0.25, 0.3) is 0 Å². The third-order valence-electron chi connectivity index (χ3n) is 7.70. The van der Waals surface area contributed by atoms with E-state index >= 15 is 0 Å². The van der Waals surface area contributed by atoms with Gasteiger partial charge >= 0.3 is 6.09 Å². The zero-order valence-corrected chi connectivity index (χ0v) is 28.0. The fourth-order valence-electron chi connectivity index (χ4n) is 5.25. The maximum Gasteiger partial charge on any atom is 0.408 e. The highest BCUT2D eigenvalue weighted by Crippen LogP contribution is 2.29. The van der Waals surface area contributed by atoms with E-state index in [0.29, 0.717) is 18.9 Å². The zero-order valence-electron chi connectivity index (χ0n) is 28.0. The van der Waals surface area contributed by atoms with Gasteiger partial charge in [-0.25, -0.2) is 4.79 Å². The Kier molecular flexibility index (Phi) is 13.2. The van der Waals surface area contributed by atoms with E-state index < -0.39 is 23.8 Å². The molecule has 0 aliphatic carbocycles. The summed E-state index contributed by atoms with van der Waals surface area (Å²) in [6.07, 6.45) is 2.00. The number of alkyl carbamates (subject to hydrolysis) is 1. The predicted molar refractivity (Wildman–Crippen MR) is 181 cm³/mol. The van der Waals surface area contributed by atoms with Gasteiger partial charge in [0.2, 0.25) is 11.8 Å². The Bertz CT molecular complexity index is 1350. The van der Waals surface area contributed by atoms with Crippen molar-refractivity contribution in [2.45, 2.75) is 104 Å². The van der Waals surface area contributed by atoms with Gasteiger partial charge in [0.15, 0.2) is 0 Å². The molecule has 0 heterocycles. The molecule has 0 spiro atoms. The van der Waals surface area contributed by atoms with Crippen molar-refractivity contribution in [1.82, 2.24) is 15.5 Å². The number of nitrogens with one attached hydrogen (secondary N) is 2. The zero-order chi connectivity index (χ0) is 33.0. The Labute approximate surface area is 269 Å². The lowest BCUT2D eigenvalue weighted by atomic mass is 9.95. The summed E-state index contributed by atoms with van der Waals surface area (Å²) in [6.45, 7) is 14.1. The molecule has 0 bridgehead atoms. The van der Waals surface area contributed by atoms with Gasteiger partial charge in [-0.3, -0.25) is 9.59 Å². The van der Waals surface area contributed by atoms with Crippen LogP contribution in [-0.4, -0.2) is 40.5 Å². The summed E-state index contributed by atoms with van der Waals surface area (Å²) in [5.41, 5.74) is 2.97. The first kappa shape index (κ1) is 35.4. The van der Waals surface area contributed by atoms with Gasteiger partial charge in [-0.05, 0) is 75.1 Å². The second kappa shape index (κ2) is 16.8. The average molecular weight is 614 g/mol. The molecule has 242 valence electrons. The van der Waals surface area contributed by atoms with E-state index in [0.717, 1.165) is 35.1 Å². The molecule has 0 saturated heterocycles. The molecule has 0 fully saturated rings. The quantitative estimate of drug-likeness (QED) is 0.198. The molecule has 0 aliphatic heterocycles. The normalized spacial score (nSPS) is 13.4. The smallest absolute Gasteiger partial charge is 0.408 e. The van der Waals surface area contributed by atoms with Crippen LogP contribution < -0.4 is 10.6 Å². The summed E-state index contributed by atoms with van der Waals surface area (Å²) in [5, 5.41) is 5.96. The standard InChI is InChI=1S/C38H51N3O4/c1-8-29-21-23-32(24-22-29)34(35(42)39-26-31-17-13-10-14-18-31)41(28(4)20-19-27(2)3)36(43)33(25-30-15-11-9-12-16-30)40-37(44)45-38(5,6)7/h9-18,21-24,27-28,33-34H,8,19-20,25-26H2,1-7H3,(H,39,42)(H,40,44). The van der Waals surface area contributed by atoms with E-state index in [4.69, 9.17) is 4.74 Å². The van der Waals surface area contributed by atoms with Crippen LogP contribution in [0.25, 0.3) is 0 Å². The Hall–Kier alpha value is -4.13. The minimum atomic E-state index is -0.955. The molecule has 3 amide bonds. The van der Waals surface area contributed by atoms with Gasteiger partial charge in [0, 0.05) is 19.0 Å². The number of nitrogens with zero attached hydrogens (tertiary/aromatic N) is 1. The number of hydrogen-bond donors (Lipinski definition) is 2. The van der Waals surface area contributed by atoms with Gasteiger partial charge in [0.1, 0.15) is 17.7 Å². The van der Waals surface area contributed by atoms with E-state index in [2.05, 4.69) is 31.4 Å².